The highest BCUT2D eigenvalue weighted by Crippen LogP contribution is 2.50. The van der Waals surface area contributed by atoms with E-state index in [1.165, 1.54) is 0 Å². The second-order valence-corrected chi connectivity index (χ2v) is 4.94. The molecular formula is C12H20O4. The molecule has 0 aromatic heterocycles. The number of carbonyl (C=O) groups is 1. The molecule has 2 saturated heterocycles. The van der Waals surface area contributed by atoms with Gasteiger partial charge in [-0.25, -0.2) is 0 Å². The number of fused-ring (bicyclic) bond motifs is 2. The van der Waals surface area contributed by atoms with Gasteiger partial charge >= 0.3 is 5.97 Å². The summed E-state index contributed by atoms with van der Waals surface area (Å²) >= 11 is 0. The molecule has 2 aliphatic heterocycles. The van der Waals surface area contributed by atoms with Gasteiger partial charge in [-0.15, -0.1) is 0 Å². The van der Waals surface area contributed by atoms with Crippen LogP contribution in [0.1, 0.15) is 38.5 Å². The van der Waals surface area contributed by atoms with Gasteiger partial charge in [-0.3, -0.25) is 4.79 Å². The Labute approximate surface area is 95.9 Å². The first kappa shape index (κ1) is 11.9. The molecular weight excluding hydrogens is 208 g/mol. The van der Waals surface area contributed by atoms with Crippen LogP contribution in [0.15, 0.2) is 0 Å². The fourth-order valence-electron chi connectivity index (χ4n) is 3.08. The highest BCUT2D eigenvalue weighted by Gasteiger charge is 2.56. The van der Waals surface area contributed by atoms with E-state index >= 15 is 0 Å². The zero-order valence-electron chi connectivity index (χ0n) is 9.78. The minimum atomic E-state index is -0.669. The molecule has 3 unspecified atom stereocenters. The summed E-state index contributed by atoms with van der Waals surface area (Å²) in [5, 5.41) is 9.43. The van der Waals surface area contributed by atoms with Gasteiger partial charge in [0.1, 0.15) is 0 Å². The van der Waals surface area contributed by atoms with Crippen LogP contribution in [0.5, 0.6) is 0 Å². The molecule has 2 fully saturated rings. The normalized spacial score (nSPS) is 36.8. The number of hydrogen-bond acceptors (Lipinski definition) is 3. The number of ether oxygens (including phenoxy) is 2. The average molecular weight is 228 g/mol. The molecule has 2 aliphatic rings. The van der Waals surface area contributed by atoms with E-state index in [-0.39, 0.29) is 12.2 Å². The molecule has 16 heavy (non-hydrogen) atoms. The third kappa shape index (κ3) is 1.96. The summed E-state index contributed by atoms with van der Waals surface area (Å²) in [6.07, 6.45) is 5.39. The molecule has 0 amide bonds. The molecule has 0 radical (unpaired) electrons. The Morgan fingerprint density at radius 3 is 2.81 bits per heavy atom. The lowest BCUT2D eigenvalue weighted by molar-refractivity contribution is -0.153. The Morgan fingerprint density at radius 2 is 2.31 bits per heavy atom. The van der Waals surface area contributed by atoms with Crippen molar-refractivity contribution in [3.8, 4) is 0 Å². The first-order valence-electron chi connectivity index (χ1n) is 6.07. The minimum absolute atomic E-state index is 0.0439. The summed E-state index contributed by atoms with van der Waals surface area (Å²) in [5.74, 6) is -0.669. The third-order valence-electron chi connectivity index (χ3n) is 3.96. The van der Waals surface area contributed by atoms with Crippen LogP contribution in [0.4, 0.5) is 0 Å². The number of methoxy groups -OCH3 is 1. The van der Waals surface area contributed by atoms with Crippen LogP contribution in [0.3, 0.4) is 0 Å². The molecule has 0 spiro atoms. The van der Waals surface area contributed by atoms with Crippen molar-refractivity contribution in [2.45, 2.75) is 50.7 Å². The first-order chi connectivity index (χ1) is 7.69. The number of rotatable bonds is 6. The van der Waals surface area contributed by atoms with Crippen molar-refractivity contribution in [2.24, 2.45) is 5.41 Å². The Morgan fingerprint density at radius 1 is 1.50 bits per heavy atom. The molecule has 0 aliphatic carbocycles. The second kappa shape index (κ2) is 4.72. The largest absolute Gasteiger partial charge is 0.481 e. The lowest BCUT2D eigenvalue weighted by Gasteiger charge is -2.30. The van der Waals surface area contributed by atoms with E-state index in [9.17, 15) is 9.90 Å². The summed E-state index contributed by atoms with van der Waals surface area (Å²) in [6.45, 7) is 0.713. The molecule has 92 valence electrons. The van der Waals surface area contributed by atoms with Crippen molar-refractivity contribution in [1.82, 2.24) is 0 Å². The van der Waals surface area contributed by atoms with E-state index in [0.29, 0.717) is 13.0 Å². The van der Waals surface area contributed by atoms with E-state index in [0.717, 1.165) is 32.1 Å². The van der Waals surface area contributed by atoms with Gasteiger partial charge in [0.25, 0.3) is 0 Å². The first-order valence-corrected chi connectivity index (χ1v) is 6.07. The van der Waals surface area contributed by atoms with Crippen LogP contribution < -0.4 is 0 Å². The zero-order valence-corrected chi connectivity index (χ0v) is 9.78. The van der Waals surface area contributed by atoms with E-state index in [1.54, 1.807) is 7.11 Å². The Hall–Kier alpha value is -0.610. The van der Waals surface area contributed by atoms with Crippen LogP contribution in [-0.4, -0.2) is 37.0 Å². The SMILES string of the molecule is COCCCCC1(C(=O)O)CC2CCC1O2. The fourth-order valence-corrected chi connectivity index (χ4v) is 3.08. The average Bonchev–Trinajstić information content (AvgIpc) is 2.84. The predicted molar refractivity (Wildman–Crippen MR) is 58.3 cm³/mol. The molecule has 2 rings (SSSR count). The van der Waals surface area contributed by atoms with Crippen molar-refractivity contribution in [1.29, 1.82) is 0 Å². The molecule has 2 bridgehead atoms. The van der Waals surface area contributed by atoms with Crippen molar-refractivity contribution in [3.63, 3.8) is 0 Å². The highest BCUT2D eigenvalue weighted by atomic mass is 16.5. The van der Waals surface area contributed by atoms with Crippen molar-refractivity contribution < 1.29 is 19.4 Å². The van der Waals surface area contributed by atoms with Crippen molar-refractivity contribution >= 4 is 5.97 Å². The van der Waals surface area contributed by atoms with Crippen LogP contribution in [0.2, 0.25) is 0 Å². The number of carboxylic acid groups (broad SMARTS) is 1. The zero-order chi connectivity index (χ0) is 11.6. The second-order valence-electron chi connectivity index (χ2n) is 4.94. The lowest BCUT2D eigenvalue weighted by Crippen LogP contribution is -2.40. The smallest absolute Gasteiger partial charge is 0.312 e. The van der Waals surface area contributed by atoms with Crippen LogP contribution >= 0.6 is 0 Å². The van der Waals surface area contributed by atoms with E-state index in [4.69, 9.17) is 9.47 Å². The topological polar surface area (TPSA) is 55.8 Å². The van der Waals surface area contributed by atoms with E-state index < -0.39 is 11.4 Å². The van der Waals surface area contributed by atoms with Gasteiger partial charge in [0.15, 0.2) is 0 Å². The Bertz CT molecular complexity index is 266. The molecule has 3 atom stereocenters. The summed E-state index contributed by atoms with van der Waals surface area (Å²) in [4.78, 5) is 11.5. The van der Waals surface area contributed by atoms with E-state index in [2.05, 4.69) is 0 Å². The van der Waals surface area contributed by atoms with Crippen molar-refractivity contribution in [2.75, 3.05) is 13.7 Å². The molecule has 0 saturated carbocycles. The summed E-state index contributed by atoms with van der Waals surface area (Å²) in [5.41, 5.74) is -0.601. The van der Waals surface area contributed by atoms with Crippen LogP contribution in [0.25, 0.3) is 0 Å². The highest BCUT2D eigenvalue weighted by molar-refractivity contribution is 5.76. The molecule has 4 nitrogen and oxygen atoms in total. The molecule has 4 heteroatoms. The minimum Gasteiger partial charge on any atom is -0.481 e. The maximum absolute atomic E-state index is 11.5. The molecule has 1 N–H and O–H groups in total. The van der Waals surface area contributed by atoms with Crippen LogP contribution in [0, 0.1) is 5.41 Å². The van der Waals surface area contributed by atoms with Gasteiger partial charge in [-0.1, -0.05) is 0 Å². The molecule has 2 heterocycles. The van der Waals surface area contributed by atoms with Gasteiger partial charge in [0, 0.05) is 13.7 Å². The monoisotopic (exact) mass is 228 g/mol. The van der Waals surface area contributed by atoms with Gasteiger partial charge in [0.05, 0.1) is 17.6 Å². The van der Waals surface area contributed by atoms with Gasteiger partial charge in [-0.05, 0) is 38.5 Å². The molecule has 0 aromatic rings. The van der Waals surface area contributed by atoms with Crippen LogP contribution in [-0.2, 0) is 14.3 Å². The lowest BCUT2D eigenvalue weighted by atomic mass is 9.71. The Kier molecular flexibility index (Phi) is 3.50. The summed E-state index contributed by atoms with van der Waals surface area (Å²) < 4.78 is 10.7. The quantitative estimate of drug-likeness (QED) is 0.705. The molecule has 0 aromatic carbocycles. The number of hydrogen-bond donors (Lipinski definition) is 1. The van der Waals surface area contributed by atoms with Crippen molar-refractivity contribution in [3.05, 3.63) is 0 Å². The fraction of sp³-hybridized carbons (Fsp3) is 0.917. The van der Waals surface area contributed by atoms with Gasteiger partial charge in [0.2, 0.25) is 0 Å². The Balaban J connectivity index is 1.93. The number of carboxylic acids is 1. The van der Waals surface area contributed by atoms with Gasteiger partial charge in [-0.2, -0.15) is 0 Å². The summed E-state index contributed by atoms with van der Waals surface area (Å²) in [6, 6.07) is 0. The number of unbranched alkanes of at least 4 members (excludes halogenated alkanes) is 1. The maximum Gasteiger partial charge on any atom is 0.312 e. The number of aliphatic carboxylic acids is 1. The maximum atomic E-state index is 11.5. The predicted octanol–water partition coefficient (Wildman–Crippen LogP) is 1.83. The standard InChI is InChI=1S/C12H20O4/c1-15-7-3-2-6-12(11(13)14)8-9-4-5-10(12)16-9/h9-10H,2-8H2,1H3,(H,13,14). The van der Waals surface area contributed by atoms with Gasteiger partial charge < -0.3 is 14.6 Å². The third-order valence-corrected chi connectivity index (χ3v) is 3.96. The van der Waals surface area contributed by atoms with E-state index in [1.807, 2.05) is 0 Å². The summed E-state index contributed by atoms with van der Waals surface area (Å²) in [7, 11) is 1.67.